The lowest BCUT2D eigenvalue weighted by atomic mass is 10.0. The third-order valence-electron chi connectivity index (χ3n) is 6.02. The van der Waals surface area contributed by atoms with Gasteiger partial charge in [0.05, 0.1) is 11.7 Å². The number of aromatic nitrogens is 4. The Morgan fingerprint density at radius 1 is 1.38 bits per heavy atom. The molecule has 0 aliphatic carbocycles. The van der Waals surface area contributed by atoms with Crippen LogP contribution in [0.5, 0.6) is 0 Å². The summed E-state index contributed by atoms with van der Waals surface area (Å²) in [7, 11) is 1.27. The second-order valence-electron chi connectivity index (χ2n) is 8.46. The molecule has 17 heteroatoms. The van der Waals surface area contributed by atoms with Crippen molar-refractivity contribution in [2.75, 3.05) is 37.0 Å². The van der Waals surface area contributed by atoms with Crippen molar-refractivity contribution in [3.05, 3.63) is 46.9 Å². The number of imidazole rings is 1. The quantitative estimate of drug-likeness (QED) is 0.0862. The number of oxime groups is 1. The van der Waals surface area contributed by atoms with Gasteiger partial charge in [0.2, 0.25) is 0 Å². The summed E-state index contributed by atoms with van der Waals surface area (Å²) in [4.78, 5) is 48.1. The molecule has 0 radical (unpaired) electrons. The van der Waals surface area contributed by atoms with E-state index in [1.165, 1.54) is 24.3 Å². The second kappa shape index (κ2) is 10.9. The van der Waals surface area contributed by atoms with Crippen molar-refractivity contribution in [1.82, 2.24) is 24.8 Å². The molecule has 2 aliphatic heterocycles. The number of nitrogens with one attached hydrogen (secondary N) is 2. The molecule has 2 atom stereocenters. The Morgan fingerprint density at radius 3 is 2.90 bits per heavy atom. The number of carbonyl (C=O) groups excluding carboxylic acids is 3. The first kappa shape index (κ1) is 26.4. The van der Waals surface area contributed by atoms with Crippen LogP contribution in [0.15, 0.2) is 46.3 Å². The van der Waals surface area contributed by atoms with E-state index in [0.29, 0.717) is 30.2 Å². The molecule has 0 aromatic carbocycles. The van der Waals surface area contributed by atoms with Gasteiger partial charge in [-0.15, -0.1) is 23.1 Å². The zero-order valence-corrected chi connectivity index (χ0v) is 22.2. The number of nitrogens with zero attached hydrogens (tertiary/aromatic N) is 6. The minimum Gasteiger partial charge on any atom is -0.543 e. The number of thiazole rings is 1. The first-order chi connectivity index (χ1) is 18.8. The highest BCUT2D eigenvalue weighted by Crippen LogP contribution is 2.40. The average molecular weight is 573 g/mol. The Hall–Kier alpha value is -4.22. The summed E-state index contributed by atoms with van der Waals surface area (Å²) in [6.07, 6.45) is 3.52. The summed E-state index contributed by atoms with van der Waals surface area (Å²) >= 11 is 2.46. The zero-order valence-electron chi connectivity index (χ0n) is 20.6. The lowest BCUT2D eigenvalue weighted by Gasteiger charge is -2.50. The Labute approximate surface area is 229 Å². The van der Waals surface area contributed by atoms with Gasteiger partial charge in [-0.3, -0.25) is 14.5 Å². The van der Waals surface area contributed by atoms with Crippen LogP contribution >= 0.6 is 23.1 Å². The maximum Gasteiger partial charge on any atom is 0.307 e. The Balaban J connectivity index is 1.34. The van der Waals surface area contributed by atoms with Gasteiger partial charge in [0.25, 0.3) is 11.8 Å². The van der Waals surface area contributed by atoms with Crippen LogP contribution in [0.25, 0.3) is 5.65 Å². The van der Waals surface area contributed by atoms with Crippen molar-refractivity contribution in [2.24, 2.45) is 10.9 Å². The van der Waals surface area contributed by atoms with Crippen molar-refractivity contribution in [2.45, 2.75) is 18.0 Å². The molecule has 3 aromatic heterocycles. The predicted molar refractivity (Wildman–Crippen MR) is 140 cm³/mol. The number of nitrogen functional groups attached to an aromatic ring is 1. The van der Waals surface area contributed by atoms with E-state index in [1.54, 1.807) is 23.0 Å². The van der Waals surface area contributed by atoms with Crippen molar-refractivity contribution in [3.8, 4) is 0 Å². The fourth-order valence-corrected chi connectivity index (χ4v) is 6.20. The predicted octanol–water partition coefficient (Wildman–Crippen LogP) is -2.51. The van der Waals surface area contributed by atoms with E-state index in [9.17, 15) is 19.5 Å². The molecule has 0 spiro atoms. The van der Waals surface area contributed by atoms with Crippen LogP contribution in [-0.4, -0.2) is 80.4 Å². The SMILES string of the molecule is CO/N=C(\C(=O)N[C@@H]1C(=O)N2C(C(=O)[O-])=C(C[n+]3ccn4nc(NCCN)ccc43)CS[C@H]12)c1csc(N)n1. The van der Waals surface area contributed by atoms with E-state index in [-0.39, 0.29) is 28.8 Å². The average Bonchev–Trinajstić information content (AvgIpc) is 3.54. The molecule has 6 N–H and O–H groups in total. The first-order valence-electron chi connectivity index (χ1n) is 11.7. The highest BCUT2D eigenvalue weighted by atomic mass is 32.2. The summed E-state index contributed by atoms with van der Waals surface area (Å²) in [5.41, 5.74) is 12.2. The van der Waals surface area contributed by atoms with Crippen molar-refractivity contribution < 1.29 is 28.9 Å². The number of rotatable bonds is 10. The van der Waals surface area contributed by atoms with Crippen LogP contribution in [0.3, 0.4) is 0 Å². The van der Waals surface area contributed by atoms with Crippen LogP contribution < -0.4 is 31.8 Å². The van der Waals surface area contributed by atoms with E-state index >= 15 is 0 Å². The van der Waals surface area contributed by atoms with Gasteiger partial charge in [-0.25, -0.2) is 9.55 Å². The van der Waals surface area contributed by atoms with Crippen LogP contribution in [0.1, 0.15) is 5.69 Å². The number of hydrogen-bond donors (Lipinski definition) is 4. The van der Waals surface area contributed by atoms with E-state index in [1.807, 2.05) is 10.6 Å². The standard InChI is InChI=1S/C22H24N10O5S2/c1-37-29-15(12-10-39-22(24)26-12)18(33)27-16-19(34)32-17(21(35)36)11(9-38-20(16)32)8-30-6-7-31-14(30)3-2-13(28-31)25-5-4-23/h2-3,6-7,10,16,20H,4-5,8-9,23H2,1H3,(H4-,24,25,26,27,28,33,35,36)/b29-15-/t16-,20-/m1/s1. The maximum atomic E-state index is 13.1. The Bertz CT molecular complexity index is 1520. The molecule has 2 aliphatic rings. The highest BCUT2D eigenvalue weighted by molar-refractivity contribution is 8.00. The maximum absolute atomic E-state index is 13.1. The minimum absolute atomic E-state index is 0.152. The molecule has 15 nitrogen and oxygen atoms in total. The molecule has 0 saturated carbocycles. The number of fused-ring (bicyclic) bond motifs is 2. The fraction of sp³-hybridized carbons (Fsp3) is 0.318. The lowest BCUT2D eigenvalue weighted by molar-refractivity contribution is -0.662. The Morgan fingerprint density at radius 2 is 2.21 bits per heavy atom. The summed E-state index contributed by atoms with van der Waals surface area (Å²) in [5.74, 6) is -1.79. The third kappa shape index (κ3) is 4.98. The van der Waals surface area contributed by atoms with Gasteiger partial charge < -0.3 is 36.8 Å². The van der Waals surface area contributed by atoms with Gasteiger partial charge >= 0.3 is 5.65 Å². The number of thioether (sulfide) groups is 1. The van der Waals surface area contributed by atoms with E-state index < -0.39 is 29.2 Å². The number of aliphatic carboxylic acids is 1. The minimum atomic E-state index is -1.47. The molecule has 5 rings (SSSR count). The lowest BCUT2D eigenvalue weighted by Crippen LogP contribution is -2.71. The molecule has 204 valence electrons. The number of hydrogen-bond acceptors (Lipinski definition) is 13. The van der Waals surface area contributed by atoms with Gasteiger partial charge in [-0.05, 0) is 6.07 Å². The third-order valence-corrected chi connectivity index (χ3v) is 8.04. The number of amides is 2. The van der Waals surface area contributed by atoms with Gasteiger partial charge in [0, 0.05) is 35.9 Å². The van der Waals surface area contributed by atoms with Gasteiger partial charge in [0.15, 0.2) is 22.9 Å². The van der Waals surface area contributed by atoms with E-state index in [4.69, 9.17) is 16.3 Å². The topological polar surface area (TPSA) is 209 Å². The first-order valence-corrected chi connectivity index (χ1v) is 13.6. The summed E-state index contributed by atoms with van der Waals surface area (Å²) in [6, 6.07) is 2.68. The fourth-order valence-electron chi connectivity index (χ4n) is 4.32. The van der Waals surface area contributed by atoms with Crippen molar-refractivity contribution >= 4 is 63.2 Å². The molecular weight excluding hydrogens is 548 g/mol. The summed E-state index contributed by atoms with van der Waals surface area (Å²) in [5, 5.41) is 27.2. The van der Waals surface area contributed by atoms with Crippen LogP contribution in [0.4, 0.5) is 10.9 Å². The zero-order chi connectivity index (χ0) is 27.7. The van der Waals surface area contributed by atoms with E-state index in [2.05, 4.69) is 25.9 Å². The number of nitrogens with two attached hydrogens (primary N) is 2. The smallest absolute Gasteiger partial charge is 0.307 e. The van der Waals surface area contributed by atoms with Crippen LogP contribution in [-0.2, 0) is 25.8 Å². The molecule has 2 amide bonds. The van der Waals surface area contributed by atoms with Gasteiger partial charge in [-0.1, -0.05) is 14.8 Å². The largest absolute Gasteiger partial charge is 0.543 e. The summed E-state index contributed by atoms with van der Waals surface area (Å²) in [6.45, 7) is 1.24. The van der Waals surface area contributed by atoms with Crippen molar-refractivity contribution in [1.29, 1.82) is 0 Å². The number of anilines is 2. The number of carboxylic acid groups (broad SMARTS) is 1. The molecule has 0 bridgehead atoms. The van der Waals surface area contributed by atoms with Crippen LogP contribution in [0, 0.1) is 0 Å². The molecule has 5 heterocycles. The monoisotopic (exact) mass is 572 g/mol. The van der Waals surface area contributed by atoms with Gasteiger partial charge in [0.1, 0.15) is 37.0 Å². The highest BCUT2D eigenvalue weighted by Gasteiger charge is 2.53. The number of β-lactam (4-membered cyclic amide) rings is 1. The van der Waals surface area contributed by atoms with Gasteiger partial charge in [-0.2, -0.15) is 0 Å². The molecule has 0 unspecified atom stereocenters. The van der Waals surface area contributed by atoms with Crippen LogP contribution in [0.2, 0.25) is 0 Å². The normalized spacial score (nSPS) is 19.1. The second-order valence-corrected chi connectivity index (χ2v) is 10.5. The molecule has 3 aromatic rings. The molecule has 39 heavy (non-hydrogen) atoms. The molecular formula is C22H24N10O5S2. The Kier molecular flexibility index (Phi) is 7.36. The van der Waals surface area contributed by atoms with E-state index in [0.717, 1.165) is 21.9 Å². The number of carboxylic acids is 1. The number of carbonyl (C=O) groups is 3. The molecule has 1 fully saturated rings. The molecule has 1 saturated heterocycles. The summed E-state index contributed by atoms with van der Waals surface area (Å²) < 4.78 is 3.49. The van der Waals surface area contributed by atoms with Crippen molar-refractivity contribution in [3.63, 3.8) is 0 Å².